The highest BCUT2D eigenvalue weighted by Crippen LogP contribution is 2.12. The van der Waals surface area contributed by atoms with E-state index in [4.69, 9.17) is 4.74 Å². The SMILES string of the molecule is COC1=CC=NCC1C. The lowest BCUT2D eigenvalue weighted by molar-refractivity contribution is 0.249. The maximum absolute atomic E-state index is 5.07. The smallest absolute Gasteiger partial charge is 0.102 e. The number of rotatable bonds is 1. The van der Waals surface area contributed by atoms with Gasteiger partial charge in [0.1, 0.15) is 5.76 Å². The van der Waals surface area contributed by atoms with Crippen LogP contribution in [0.1, 0.15) is 6.92 Å². The molecule has 0 N–H and O–H groups in total. The number of aliphatic imine (C=N–C) groups is 1. The molecule has 50 valence electrons. The highest BCUT2D eigenvalue weighted by molar-refractivity contribution is 5.72. The fourth-order valence-electron chi connectivity index (χ4n) is 0.869. The molecule has 1 atom stereocenters. The minimum Gasteiger partial charge on any atom is -0.501 e. The largest absolute Gasteiger partial charge is 0.501 e. The van der Waals surface area contributed by atoms with Crippen LogP contribution in [0.4, 0.5) is 0 Å². The maximum Gasteiger partial charge on any atom is 0.102 e. The van der Waals surface area contributed by atoms with Crippen molar-refractivity contribution in [3.05, 3.63) is 11.8 Å². The average molecular weight is 125 g/mol. The molecular weight excluding hydrogens is 114 g/mol. The van der Waals surface area contributed by atoms with E-state index in [1.165, 1.54) is 0 Å². The molecule has 1 aliphatic heterocycles. The summed E-state index contributed by atoms with van der Waals surface area (Å²) >= 11 is 0. The number of dihydropyridines is 1. The van der Waals surface area contributed by atoms with Crippen molar-refractivity contribution in [3.8, 4) is 0 Å². The second-order valence-corrected chi connectivity index (χ2v) is 2.19. The minimum absolute atomic E-state index is 0.458. The molecule has 1 heterocycles. The van der Waals surface area contributed by atoms with Gasteiger partial charge in [0.05, 0.1) is 7.11 Å². The molecule has 1 aliphatic rings. The van der Waals surface area contributed by atoms with Crippen molar-refractivity contribution in [2.24, 2.45) is 10.9 Å². The molecule has 0 spiro atoms. The third-order valence-electron chi connectivity index (χ3n) is 1.44. The van der Waals surface area contributed by atoms with E-state index in [2.05, 4.69) is 11.9 Å². The van der Waals surface area contributed by atoms with Gasteiger partial charge < -0.3 is 4.74 Å². The quantitative estimate of drug-likeness (QED) is 0.516. The molecular formula is C7H11NO. The van der Waals surface area contributed by atoms with Gasteiger partial charge >= 0.3 is 0 Å². The molecule has 1 rings (SSSR count). The summed E-state index contributed by atoms with van der Waals surface area (Å²) in [6.07, 6.45) is 3.70. The van der Waals surface area contributed by atoms with E-state index in [0.29, 0.717) is 5.92 Å². The maximum atomic E-state index is 5.07. The summed E-state index contributed by atoms with van der Waals surface area (Å²) in [5.74, 6) is 1.49. The normalized spacial score (nSPS) is 25.6. The van der Waals surface area contributed by atoms with Gasteiger partial charge in [0.15, 0.2) is 0 Å². The molecule has 1 unspecified atom stereocenters. The number of nitrogens with zero attached hydrogens (tertiary/aromatic N) is 1. The third kappa shape index (κ3) is 1.31. The molecule has 0 fully saturated rings. The minimum atomic E-state index is 0.458. The number of allylic oxidation sites excluding steroid dienone is 1. The Labute approximate surface area is 55.2 Å². The van der Waals surface area contributed by atoms with E-state index < -0.39 is 0 Å². The van der Waals surface area contributed by atoms with Crippen LogP contribution in [0.15, 0.2) is 16.8 Å². The third-order valence-corrected chi connectivity index (χ3v) is 1.44. The van der Waals surface area contributed by atoms with Gasteiger partial charge in [-0.1, -0.05) is 6.92 Å². The lowest BCUT2D eigenvalue weighted by Gasteiger charge is -2.14. The summed E-state index contributed by atoms with van der Waals surface area (Å²) in [7, 11) is 1.70. The Balaban J connectivity index is 2.63. The van der Waals surface area contributed by atoms with Crippen molar-refractivity contribution in [3.63, 3.8) is 0 Å². The predicted molar refractivity (Wildman–Crippen MR) is 37.6 cm³/mol. The van der Waals surface area contributed by atoms with Crippen LogP contribution < -0.4 is 0 Å². The Morgan fingerprint density at radius 2 is 2.56 bits per heavy atom. The standard InChI is InChI=1S/C7H11NO/c1-6-5-8-4-3-7(6)9-2/h3-4,6H,5H2,1-2H3. The van der Waals surface area contributed by atoms with Gasteiger partial charge in [0, 0.05) is 18.7 Å². The van der Waals surface area contributed by atoms with E-state index in [1.54, 1.807) is 13.3 Å². The Morgan fingerprint density at radius 1 is 1.78 bits per heavy atom. The lowest BCUT2D eigenvalue weighted by atomic mass is 10.1. The zero-order valence-electron chi connectivity index (χ0n) is 5.79. The van der Waals surface area contributed by atoms with Crippen molar-refractivity contribution >= 4 is 6.21 Å². The Morgan fingerprint density at radius 3 is 3.00 bits per heavy atom. The highest BCUT2D eigenvalue weighted by atomic mass is 16.5. The van der Waals surface area contributed by atoms with Crippen LogP contribution in [-0.2, 0) is 4.74 Å². The summed E-state index contributed by atoms with van der Waals surface area (Å²) < 4.78 is 5.07. The Kier molecular flexibility index (Phi) is 1.88. The summed E-state index contributed by atoms with van der Waals surface area (Å²) in [4.78, 5) is 4.07. The number of hydrogen-bond acceptors (Lipinski definition) is 2. The van der Waals surface area contributed by atoms with Crippen molar-refractivity contribution in [1.29, 1.82) is 0 Å². The molecule has 9 heavy (non-hydrogen) atoms. The van der Waals surface area contributed by atoms with Gasteiger partial charge in [-0.3, -0.25) is 4.99 Å². The molecule has 0 saturated heterocycles. The van der Waals surface area contributed by atoms with Crippen molar-refractivity contribution in [2.75, 3.05) is 13.7 Å². The van der Waals surface area contributed by atoms with Gasteiger partial charge in [-0.15, -0.1) is 0 Å². The summed E-state index contributed by atoms with van der Waals surface area (Å²) in [5, 5.41) is 0. The fraction of sp³-hybridized carbons (Fsp3) is 0.571. The summed E-state index contributed by atoms with van der Waals surface area (Å²) in [6, 6.07) is 0. The molecule has 0 radical (unpaired) electrons. The molecule has 0 amide bonds. The highest BCUT2D eigenvalue weighted by Gasteiger charge is 2.09. The lowest BCUT2D eigenvalue weighted by Crippen LogP contribution is -2.09. The van der Waals surface area contributed by atoms with Gasteiger partial charge in [0.2, 0.25) is 0 Å². The van der Waals surface area contributed by atoms with E-state index in [9.17, 15) is 0 Å². The van der Waals surface area contributed by atoms with Crippen molar-refractivity contribution in [2.45, 2.75) is 6.92 Å². The van der Waals surface area contributed by atoms with Gasteiger partial charge in [-0.2, -0.15) is 0 Å². The van der Waals surface area contributed by atoms with Crippen LogP contribution in [0.25, 0.3) is 0 Å². The van der Waals surface area contributed by atoms with Gasteiger partial charge in [0.25, 0.3) is 0 Å². The molecule has 0 bridgehead atoms. The average Bonchev–Trinajstić information content (AvgIpc) is 1.89. The molecule has 0 aromatic carbocycles. The number of hydrogen-bond donors (Lipinski definition) is 0. The first-order valence-electron chi connectivity index (χ1n) is 3.08. The van der Waals surface area contributed by atoms with Crippen molar-refractivity contribution < 1.29 is 4.74 Å². The summed E-state index contributed by atoms with van der Waals surface area (Å²) in [5.41, 5.74) is 0. The second kappa shape index (κ2) is 2.67. The molecule has 0 saturated carbocycles. The first-order chi connectivity index (χ1) is 4.34. The predicted octanol–water partition coefficient (Wildman–Crippen LogP) is 1.24. The van der Waals surface area contributed by atoms with E-state index in [1.807, 2.05) is 6.08 Å². The van der Waals surface area contributed by atoms with Crippen LogP contribution >= 0.6 is 0 Å². The van der Waals surface area contributed by atoms with E-state index >= 15 is 0 Å². The molecule has 0 aromatic heterocycles. The zero-order chi connectivity index (χ0) is 6.69. The van der Waals surface area contributed by atoms with E-state index in [-0.39, 0.29) is 0 Å². The fourth-order valence-corrected chi connectivity index (χ4v) is 0.869. The first kappa shape index (κ1) is 6.33. The van der Waals surface area contributed by atoms with Crippen LogP contribution in [0.3, 0.4) is 0 Å². The topological polar surface area (TPSA) is 21.6 Å². The second-order valence-electron chi connectivity index (χ2n) is 2.19. The monoisotopic (exact) mass is 125 g/mol. The Bertz CT molecular complexity index is 149. The number of methoxy groups -OCH3 is 1. The van der Waals surface area contributed by atoms with Gasteiger partial charge in [-0.25, -0.2) is 0 Å². The van der Waals surface area contributed by atoms with Crippen molar-refractivity contribution in [1.82, 2.24) is 0 Å². The first-order valence-corrected chi connectivity index (χ1v) is 3.08. The van der Waals surface area contributed by atoms with Crippen LogP contribution in [0.2, 0.25) is 0 Å². The zero-order valence-corrected chi connectivity index (χ0v) is 5.79. The van der Waals surface area contributed by atoms with Crippen LogP contribution in [0.5, 0.6) is 0 Å². The molecule has 0 aromatic rings. The molecule has 2 heteroatoms. The summed E-state index contributed by atoms with van der Waals surface area (Å²) in [6.45, 7) is 2.96. The number of ether oxygens (including phenoxy) is 1. The molecule has 2 nitrogen and oxygen atoms in total. The van der Waals surface area contributed by atoms with Crippen LogP contribution in [0, 0.1) is 5.92 Å². The van der Waals surface area contributed by atoms with E-state index in [0.717, 1.165) is 12.3 Å². The van der Waals surface area contributed by atoms with Crippen LogP contribution in [-0.4, -0.2) is 19.9 Å². The Hall–Kier alpha value is -0.790. The molecule has 0 aliphatic carbocycles. The van der Waals surface area contributed by atoms with Gasteiger partial charge in [-0.05, 0) is 6.08 Å².